The second-order valence-electron chi connectivity index (χ2n) is 4.65. The third-order valence-electron chi connectivity index (χ3n) is 3.28. The van der Waals surface area contributed by atoms with E-state index >= 15 is 0 Å². The van der Waals surface area contributed by atoms with E-state index in [9.17, 15) is 17.6 Å². The summed E-state index contributed by atoms with van der Waals surface area (Å²) in [6, 6.07) is 2.59. The number of benzene rings is 1. The predicted molar refractivity (Wildman–Crippen MR) is 64.4 cm³/mol. The van der Waals surface area contributed by atoms with Crippen molar-refractivity contribution >= 4 is 0 Å². The van der Waals surface area contributed by atoms with Gasteiger partial charge in [0, 0.05) is 32.7 Å². The Morgan fingerprint density at radius 1 is 1.16 bits per heavy atom. The van der Waals surface area contributed by atoms with Crippen molar-refractivity contribution < 1.29 is 17.6 Å². The Kier molecular flexibility index (Phi) is 4.42. The summed E-state index contributed by atoms with van der Waals surface area (Å²) in [5.41, 5.74) is -0.655. The molecule has 0 amide bonds. The molecule has 2 nitrogen and oxygen atoms in total. The van der Waals surface area contributed by atoms with Gasteiger partial charge in [-0.3, -0.25) is 0 Å². The zero-order valence-electron chi connectivity index (χ0n) is 10.4. The normalized spacial score (nSPS) is 17.7. The first-order valence-corrected chi connectivity index (χ1v) is 6.25. The molecular formula is C13H16F4N2. The van der Waals surface area contributed by atoms with Crippen molar-refractivity contribution in [1.29, 1.82) is 0 Å². The molecular weight excluding hydrogens is 260 g/mol. The van der Waals surface area contributed by atoms with Crippen LogP contribution < -0.4 is 5.32 Å². The fourth-order valence-corrected chi connectivity index (χ4v) is 2.16. The van der Waals surface area contributed by atoms with Gasteiger partial charge < -0.3 is 10.2 Å². The lowest BCUT2D eigenvalue weighted by Gasteiger charge is -2.27. The molecule has 0 aliphatic carbocycles. The quantitative estimate of drug-likeness (QED) is 0.852. The highest BCUT2D eigenvalue weighted by atomic mass is 19.4. The van der Waals surface area contributed by atoms with E-state index in [1.165, 1.54) is 0 Å². The summed E-state index contributed by atoms with van der Waals surface area (Å²) in [7, 11) is 0. The van der Waals surface area contributed by atoms with Crippen LogP contribution in [0.5, 0.6) is 0 Å². The molecule has 1 aromatic rings. The van der Waals surface area contributed by atoms with Gasteiger partial charge in [0.1, 0.15) is 5.82 Å². The molecule has 1 saturated heterocycles. The highest BCUT2D eigenvalue weighted by Crippen LogP contribution is 2.30. The second kappa shape index (κ2) is 5.88. The van der Waals surface area contributed by atoms with Crippen LogP contribution in [0.3, 0.4) is 0 Å². The van der Waals surface area contributed by atoms with E-state index in [2.05, 4.69) is 10.2 Å². The van der Waals surface area contributed by atoms with Crippen molar-refractivity contribution in [2.24, 2.45) is 0 Å². The molecule has 1 heterocycles. The lowest BCUT2D eigenvalue weighted by atomic mass is 10.1. The lowest BCUT2D eigenvalue weighted by Crippen LogP contribution is -2.44. The summed E-state index contributed by atoms with van der Waals surface area (Å²) in [5.74, 6) is -0.567. The molecule has 0 bridgehead atoms. The highest BCUT2D eigenvalue weighted by Gasteiger charge is 2.31. The van der Waals surface area contributed by atoms with Gasteiger partial charge in [-0.25, -0.2) is 4.39 Å². The summed E-state index contributed by atoms with van der Waals surface area (Å²) in [5, 5.41) is 3.19. The topological polar surface area (TPSA) is 15.3 Å². The average Bonchev–Trinajstić information content (AvgIpc) is 2.37. The number of halogens is 4. The summed E-state index contributed by atoms with van der Waals surface area (Å²) >= 11 is 0. The molecule has 6 heteroatoms. The molecule has 1 aliphatic rings. The largest absolute Gasteiger partial charge is 0.416 e. The van der Waals surface area contributed by atoms with E-state index in [-0.39, 0.29) is 5.56 Å². The molecule has 1 aromatic carbocycles. The van der Waals surface area contributed by atoms with E-state index in [0.29, 0.717) is 13.0 Å². The first kappa shape index (κ1) is 14.3. The van der Waals surface area contributed by atoms with Crippen LogP contribution in [0.25, 0.3) is 0 Å². The van der Waals surface area contributed by atoms with Gasteiger partial charge in [0.05, 0.1) is 5.56 Å². The van der Waals surface area contributed by atoms with Crippen LogP contribution in [0.1, 0.15) is 11.1 Å². The number of nitrogens with zero attached hydrogens (tertiary/aromatic N) is 1. The summed E-state index contributed by atoms with van der Waals surface area (Å²) in [4.78, 5) is 2.12. The Bertz CT molecular complexity index is 425. The average molecular weight is 276 g/mol. The number of alkyl halides is 3. The Balaban J connectivity index is 2.02. The lowest BCUT2D eigenvalue weighted by molar-refractivity contribution is -0.137. The van der Waals surface area contributed by atoms with E-state index in [1.807, 2.05) is 0 Å². The molecule has 0 unspecified atom stereocenters. The summed E-state index contributed by atoms with van der Waals surface area (Å²) in [6.45, 7) is 4.01. The monoisotopic (exact) mass is 276 g/mol. The van der Waals surface area contributed by atoms with Gasteiger partial charge in [0.15, 0.2) is 0 Å². The first-order valence-electron chi connectivity index (χ1n) is 6.25. The van der Waals surface area contributed by atoms with Crippen LogP contribution >= 0.6 is 0 Å². The van der Waals surface area contributed by atoms with Crippen molar-refractivity contribution in [3.05, 3.63) is 35.1 Å². The Hall–Kier alpha value is -1.14. The smallest absolute Gasteiger partial charge is 0.314 e. The Morgan fingerprint density at radius 3 is 2.47 bits per heavy atom. The zero-order chi connectivity index (χ0) is 13.9. The van der Waals surface area contributed by atoms with Gasteiger partial charge in [-0.05, 0) is 30.2 Å². The fourth-order valence-electron chi connectivity index (χ4n) is 2.16. The fraction of sp³-hybridized carbons (Fsp3) is 0.538. The molecule has 1 aliphatic heterocycles. The Labute approximate surface area is 109 Å². The maximum absolute atomic E-state index is 13.5. The van der Waals surface area contributed by atoms with Gasteiger partial charge in [0.2, 0.25) is 0 Å². The van der Waals surface area contributed by atoms with Crippen LogP contribution in [0.4, 0.5) is 17.6 Å². The minimum atomic E-state index is -4.42. The van der Waals surface area contributed by atoms with Crippen LogP contribution in [0.2, 0.25) is 0 Å². The Morgan fingerprint density at radius 2 is 1.84 bits per heavy atom. The van der Waals surface area contributed by atoms with Gasteiger partial charge in [-0.1, -0.05) is 0 Å². The van der Waals surface area contributed by atoms with E-state index in [0.717, 1.165) is 44.4 Å². The zero-order valence-corrected chi connectivity index (χ0v) is 10.4. The molecule has 1 fully saturated rings. The molecule has 0 saturated carbocycles. The van der Waals surface area contributed by atoms with Crippen LogP contribution in [0.15, 0.2) is 18.2 Å². The van der Waals surface area contributed by atoms with E-state index < -0.39 is 17.6 Å². The molecule has 2 rings (SSSR count). The molecule has 1 N–H and O–H groups in total. The van der Waals surface area contributed by atoms with Gasteiger partial charge >= 0.3 is 6.18 Å². The van der Waals surface area contributed by atoms with Crippen molar-refractivity contribution in [1.82, 2.24) is 10.2 Å². The number of rotatable bonds is 3. The number of nitrogens with one attached hydrogen (secondary N) is 1. The molecule has 0 aromatic heterocycles. The second-order valence-corrected chi connectivity index (χ2v) is 4.65. The molecule has 0 spiro atoms. The summed E-state index contributed by atoms with van der Waals surface area (Å²) < 4.78 is 51.2. The summed E-state index contributed by atoms with van der Waals surface area (Å²) in [6.07, 6.45) is -4.12. The minimum Gasteiger partial charge on any atom is -0.314 e. The standard InChI is InChI=1S/C13H16F4N2/c14-12-2-1-11(13(15,16)17)9-10(12)3-6-19-7-4-18-5-8-19/h1-2,9,18H,3-8H2. The molecule has 0 atom stereocenters. The first-order chi connectivity index (χ1) is 8.97. The van der Waals surface area contributed by atoms with Crippen LogP contribution in [-0.4, -0.2) is 37.6 Å². The highest BCUT2D eigenvalue weighted by molar-refractivity contribution is 5.27. The van der Waals surface area contributed by atoms with Gasteiger partial charge in [-0.15, -0.1) is 0 Å². The van der Waals surface area contributed by atoms with Crippen molar-refractivity contribution in [3.8, 4) is 0 Å². The third-order valence-corrected chi connectivity index (χ3v) is 3.28. The van der Waals surface area contributed by atoms with Crippen molar-refractivity contribution in [3.63, 3.8) is 0 Å². The minimum absolute atomic E-state index is 0.133. The maximum Gasteiger partial charge on any atom is 0.416 e. The number of hydrogen-bond donors (Lipinski definition) is 1. The number of piperazine rings is 1. The SMILES string of the molecule is Fc1ccc(C(F)(F)F)cc1CCN1CCNCC1. The molecule has 106 valence electrons. The van der Waals surface area contributed by atoms with E-state index in [1.54, 1.807) is 0 Å². The van der Waals surface area contributed by atoms with E-state index in [4.69, 9.17) is 0 Å². The van der Waals surface area contributed by atoms with Crippen molar-refractivity contribution in [2.45, 2.75) is 12.6 Å². The van der Waals surface area contributed by atoms with Gasteiger partial charge in [-0.2, -0.15) is 13.2 Å². The van der Waals surface area contributed by atoms with Crippen molar-refractivity contribution in [2.75, 3.05) is 32.7 Å². The molecule has 19 heavy (non-hydrogen) atoms. The number of hydrogen-bond acceptors (Lipinski definition) is 2. The van der Waals surface area contributed by atoms with Crippen LogP contribution in [0, 0.1) is 5.82 Å². The molecule has 0 radical (unpaired) electrons. The maximum atomic E-state index is 13.5. The predicted octanol–water partition coefficient (Wildman–Crippen LogP) is 2.29. The van der Waals surface area contributed by atoms with Gasteiger partial charge in [0.25, 0.3) is 0 Å². The third kappa shape index (κ3) is 3.91. The van der Waals surface area contributed by atoms with Crippen LogP contribution in [-0.2, 0) is 12.6 Å².